The van der Waals surface area contributed by atoms with E-state index in [1.54, 1.807) is 6.26 Å². The first kappa shape index (κ1) is 18.5. The van der Waals surface area contributed by atoms with Gasteiger partial charge in [-0.15, -0.1) is 0 Å². The third-order valence-electron chi connectivity index (χ3n) is 4.78. The van der Waals surface area contributed by atoms with Crippen molar-refractivity contribution in [1.29, 1.82) is 5.26 Å². The van der Waals surface area contributed by atoms with E-state index in [1.165, 1.54) is 0 Å². The van der Waals surface area contributed by atoms with Crippen molar-refractivity contribution in [2.45, 2.75) is 12.5 Å². The maximum absolute atomic E-state index is 9.12. The average molecular weight is 376 g/mol. The van der Waals surface area contributed by atoms with E-state index < -0.39 is 0 Å². The third kappa shape index (κ3) is 4.51. The van der Waals surface area contributed by atoms with E-state index in [4.69, 9.17) is 14.7 Å². The van der Waals surface area contributed by atoms with Gasteiger partial charge < -0.3 is 4.42 Å². The van der Waals surface area contributed by atoms with Crippen LogP contribution in [-0.2, 0) is 6.42 Å². The first-order chi connectivity index (χ1) is 14.3. The predicted molar refractivity (Wildman–Crippen MR) is 115 cm³/mol. The Kier molecular flexibility index (Phi) is 5.64. The van der Waals surface area contributed by atoms with Gasteiger partial charge in [0.2, 0.25) is 0 Å². The molecule has 140 valence electrons. The molecule has 0 fully saturated rings. The van der Waals surface area contributed by atoms with Gasteiger partial charge >= 0.3 is 0 Å². The van der Waals surface area contributed by atoms with Crippen LogP contribution in [0.3, 0.4) is 0 Å². The van der Waals surface area contributed by atoms with Crippen LogP contribution < -0.4 is 0 Å². The normalized spacial score (nSPS) is 11.4. The lowest BCUT2D eigenvalue weighted by Gasteiger charge is -2.16. The summed E-state index contributed by atoms with van der Waals surface area (Å²) < 4.78 is 5.60. The van der Waals surface area contributed by atoms with Crippen molar-refractivity contribution in [2.24, 2.45) is 4.99 Å². The molecule has 0 saturated heterocycles. The highest BCUT2D eigenvalue weighted by Gasteiger charge is 2.16. The molecule has 1 atom stereocenters. The molecule has 0 spiro atoms. The fourth-order valence-corrected chi connectivity index (χ4v) is 3.30. The van der Waals surface area contributed by atoms with Gasteiger partial charge in [-0.05, 0) is 29.8 Å². The fourth-order valence-electron chi connectivity index (χ4n) is 3.30. The second kappa shape index (κ2) is 8.86. The van der Waals surface area contributed by atoms with E-state index >= 15 is 0 Å². The number of nitrogens with zero attached hydrogens (tertiary/aromatic N) is 2. The number of hydrogen-bond donors (Lipinski definition) is 0. The number of hydrogen-bond acceptors (Lipinski definition) is 3. The highest BCUT2D eigenvalue weighted by molar-refractivity contribution is 6.13. The van der Waals surface area contributed by atoms with E-state index in [0.29, 0.717) is 12.0 Å². The van der Waals surface area contributed by atoms with Crippen LogP contribution in [0.2, 0.25) is 0 Å². The molecule has 29 heavy (non-hydrogen) atoms. The van der Waals surface area contributed by atoms with Crippen molar-refractivity contribution < 1.29 is 4.42 Å². The zero-order valence-corrected chi connectivity index (χ0v) is 15.9. The molecule has 0 amide bonds. The van der Waals surface area contributed by atoms with Crippen molar-refractivity contribution in [3.63, 3.8) is 0 Å². The molecular weight excluding hydrogens is 356 g/mol. The Morgan fingerprint density at radius 2 is 1.41 bits per heavy atom. The van der Waals surface area contributed by atoms with Gasteiger partial charge in [0.1, 0.15) is 5.76 Å². The van der Waals surface area contributed by atoms with Gasteiger partial charge in [-0.1, -0.05) is 72.8 Å². The van der Waals surface area contributed by atoms with Gasteiger partial charge in [0.15, 0.2) is 0 Å². The predicted octanol–water partition coefficient (Wildman–Crippen LogP) is 5.97. The molecule has 1 aromatic heterocycles. The summed E-state index contributed by atoms with van der Waals surface area (Å²) in [6, 6.07) is 34.0. The molecule has 1 heterocycles. The van der Waals surface area contributed by atoms with Gasteiger partial charge in [0.25, 0.3) is 0 Å². The van der Waals surface area contributed by atoms with Crippen molar-refractivity contribution in [1.82, 2.24) is 0 Å². The second-order valence-electron chi connectivity index (χ2n) is 6.74. The van der Waals surface area contributed by atoms with Gasteiger partial charge in [-0.2, -0.15) is 5.26 Å². The lowest BCUT2D eigenvalue weighted by Crippen LogP contribution is -2.09. The third-order valence-corrected chi connectivity index (χ3v) is 4.78. The highest BCUT2D eigenvalue weighted by Crippen LogP contribution is 2.26. The highest BCUT2D eigenvalue weighted by atomic mass is 16.3. The second-order valence-corrected chi connectivity index (χ2v) is 6.74. The number of furan rings is 1. The smallest absolute Gasteiger partial charge is 0.106 e. The maximum atomic E-state index is 9.12. The molecule has 1 unspecified atom stereocenters. The van der Waals surface area contributed by atoms with Crippen molar-refractivity contribution in [3.8, 4) is 6.07 Å². The lowest BCUT2D eigenvalue weighted by atomic mass is 9.98. The van der Waals surface area contributed by atoms with Crippen LogP contribution >= 0.6 is 0 Å². The molecular formula is C26H20N2O. The molecule has 3 aromatic carbocycles. The summed E-state index contributed by atoms with van der Waals surface area (Å²) in [7, 11) is 0. The number of rotatable bonds is 6. The molecule has 4 rings (SSSR count). The quantitative estimate of drug-likeness (QED) is 0.389. The minimum absolute atomic E-state index is 0.135. The van der Waals surface area contributed by atoms with Crippen LogP contribution in [0.15, 0.2) is 113 Å². The Labute approximate surface area is 170 Å². The molecule has 0 saturated carbocycles. The Bertz CT molecular complexity index is 1070. The number of nitriles is 1. The molecule has 0 radical (unpaired) electrons. The molecule has 0 aliphatic rings. The number of benzene rings is 3. The van der Waals surface area contributed by atoms with E-state index in [9.17, 15) is 0 Å². The number of aliphatic imine (C=N–C) groups is 1. The monoisotopic (exact) mass is 376 g/mol. The zero-order chi connectivity index (χ0) is 19.9. The minimum Gasteiger partial charge on any atom is -0.469 e. The van der Waals surface area contributed by atoms with Crippen LogP contribution in [0.1, 0.15) is 34.1 Å². The molecule has 0 bridgehead atoms. The summed E-state index contributed by atoms with van der Waals surface area (Å²) in [6.45, 7) is 0. The summed E-state index contributed by atoms with van der Waals surface area (Å²) in [5.74, 6) is 0.878. The van der Waals surface area contributed by atoms with Crippen LogP contribution in [0.4, 0.5) is 0 Å². The Balaban J connectivity index is 1.81. The fraction of sp³-hybridized carbons (Fsp3) is 0.0769. The average Bonchev–Trinajstić information content (AvgIpc) is 3.31. The summed E-state index contributed by atoms with van der Waals surface area (Å²) in [4.78, 5) is 5.19. The molecule has 0 aliphatic carbocycles. The lowest BCUT2D eigenvalue weighted by molar-refractivity contribution is 0.489. The zero-order valence-electron chi connectivity index (χ0n) is 15.9. The molecule has 0 N–H and O–H groups in total. The first-order valence-electron chi connectivity index (χ1n) is 9.54. The topological polar surface area (TPSA) is 49.3 Å². The summed E-state index contributed by atoms with van der Waals surface area (Å²) >= 11 is 0. The van der Waals surface area contributed by atoms with E-state index in [1.807, 2.05) is 72.8 Å². The Morgan fingerprint density at radius 3 is 1.93 bits per heavy atom. The molecule has 0 aliphatic heterocycles. The SMILES string of the molecule is N#Cc1ccc(C(Cc2ccco2)N=C(c2ccccc2)c2ccccc2)cc1. The van der Waals surface area contributed by atoms with Crippen LogP contribution in [0.5, 0.6) is 0 Å². The van der Waals surface area contributed by atoms with Gasteiger partial charge in [-0.25, -0.2) is 0 Å². The summed E-state index contributed by atoms with van der Waals surface area (Å²) in [5.41, 5.74) is 4.76. The molecule has 3 nitrogen and oxygen atoms in total. The van der Waals surface area contributed by atoms with Crippen molar-refractivity contribution in [2.75, 3.05) is 0 Å². The largest absolute Gasteiger partial charge is 0.469 e. The molecule has 4 aromatic rings. The Morgan fingerprint density at radius 1 is 0.793 bits per heavy atom. The van der Waals surface area contributed by atoms with Crippen LogP contribution in [0, 0.1) is 11.3 Å². The van der Waals surface area contributed by atoms with Gasteiger partial charge in [0, 0.05) is 17.5 Å². The first-order valence-corrected chi connectivity index (χ1v) is 9.54. The summed E-state index contributed by atoms with van der Waals surface area (Å²) in [5, 5.41) is 9.12. The minimum atomic E-state index is -0.135. The van der Waals surface area contributed by atoms with Crippen molar-refractivity contribution in [3.05, 3.63) is 131 Å². The van der Waals surface area contributed by atoms with Gasteiger partial charge in [-0.3, -0.25) is 4.99 Å². The Hall–Kier alpha value is -3.90. The van der Waals surface area contributed by atoms with Crippen molar-refractivity contribution >= 4 is 5.71 Å². The van der Waals surface area contributed by atoms with Gasteiger partial charge in [0.05, 0.1) is 29.6 Å². The van der Waals surface area contributed by atoms with Crippen LogP contribution in [0.25, 0.3) is 0 Å². The van der Waals surface area contributed by atoms with Crippen LogP contribution in [-0.4, -0.2) is 5.71 Å². The molecule has 3 heteroatoms. The van der Waals surface area contributed by atoms with E-state index in [0.717, 1.165) is 28.2 Å². The maximum Gasteiger partial charge on any atom is 0.106 e. The summed E-state index contributed by atoms with van der Waals surface area (Å²) in [6.07, 6.45) is 2.33. The standard InChI is InChI=1S/C26H20N2O/c27-19-20-13-15-21(16-14-20)25(18-24-12-7-17-29-24)28-26(22-8-3-1-4-9-22)23-10-5-2-6-11-23/h1-17,25H,18H2. The van der Waals surface area contributed by atoms with E-state index in [2.05, 4.69) is 30.3 Å². The van der Waals surface area contributed by atoms with E-state index in [-0.39, 0.29) is 6.04 Å².